The molecule has 1 heterocycles. The van der Waals surface area contributed by atoms with Crippen molar-refractivity contribution in [1.82, 2.24) is 4.90 Å². The fourth-order valence-corrected chi connectivity index (χ4v) is 2.67. The molecule has 1 aromatic carbocycles. The number of nitro benzene ring substituents is 1. The van der Waals surface area contributed by atoms with Gasteiger partial charge in [0.25, 0.3) is 5.69 Å². The van der Waals surface area contributed by atoms with Crippen molar-refractivity contribution in [2.24, 2.45) is 0 Å². The predicted octanol–water partition coefficient (Wildman–Crippen LogP) is 1.83. The number of hydrogen-bond acceptors (Lipinski definition) is 5. The second-order valence-electron chi connectivity index (χ2n) is 4.98. The third-order valence-electron chi connectivity index (χ3n) is 3.24. The van der Waals surface area contributed by atoms with Gasteiger partial charge in [-0.05, 0) is 19.1 Å². The van der Waals surface area contributed by atoms with Crippen LogP contribution < -0.4 is 0 Å². The molecule has 6 nitrogen and oxygen atoms in total. The number of halogens is 1. The van der Waals surface area contributed by atoms with Gasteiger partial charge < -0.3 is 9.84 Å². The number of nitro groups is 1. The second kappa shape index (κ2) is 6.49. The van der Waals surface area contributed by atoms with E-state index in [0.29, 0.717) is 30.2 Å². The molecule has 7 heteroatoms. The molecule has 110 valence electrons. The second-order valence-corrected chi connectivity index (χ2v) is 5.41. The first-order chi connectivity index (χ1) is 9.49. The summed E-state index contributed by atoms with van der Waals surface area (Å²) < 4.78 is 5.55. The number of morpholine rings is 1. The zero-order chi connectivity index (χ0) is 14.7. The van der Waals surface area contributed by atoms with E-state index in [1.807, 2.05) is 11.8 Å². The first-order valence-electron chi connectivity index (χ1n) is 6.41. The monoisotopic (exact) mass is 300 g/mol. The number of ether oxygens (including phenoxy) is 1. The lowest BCUT2D eigenvalue weighted by atomic mass is 10.1. The lowest BCUT2D eigenvalue weighted by Gasteiger charge is -2.35. The molecule has 1 aromatic rings. The fourth-order valence-electron chi connectivity index (χ4n) is 2.47. The zero-order valence-electron chi connectivity index (χ0n) is 11.2. The largest absolute Gasteiger partial charge is 0.394 e. The molecule has 0 amide bonds. The van der Waals surface area contributed by atoms with E-state index in [2.05, 4.69) is 0 Å². The average Bonchev–Trinajstić information content (AvgIpc) is 2.37. The van der Waals surface area contributed by atoms with Gasteiger partial charge in [-0.25, -0.2) is 0 Å². The summed E-state index contributed by atoms with van der Waals surface area (Å²) in [5, 5.41) is 20.7. The number of aliphatic hydroxyl groups excluding tert-OH is 1. The van der Waals surface area contributed by atoms with Crippen LogP contribution in [0.3, 0.4) is 0 Å². The van der Waals surface area contributed by atoms with Crippen LogP contribution in [0, 0.1) is 10.1 Å². The van der Waals surface area contributed by atoms with Crippen LogP contribution >= 0.6 is 11.6 Å². The van der Waals surface area contributed by atoms with Gasteiger partial charge in [0.2, 0.25) is 0 Å². The molecule has 0 radical (unpaired) electrons. The molecule has 1 aliphatic heterocycles. The van der Waals surface area contributed by atoms with Crippen molar-refractivity contribution in [1.29, 1.82) is 0 Å². The Morgan fingerprint density at radius 2 is 2.30 bits per heavy atom. The minimum atomic E-state index is -0.404. The van der Waals surface area contributed by atoms with Gasteiger partial charge in [-0.3, -0.25) is 15.0 Å². The quantitative estimate of drug-likeness (QED) is 0.678. The van der Waals surface area contributed by atoms with E-state index in [1.54, 1.807) is 6.07 Å². The Balaban J connectivity index is 2.16. The van der Waals surface area contributed by atoms with Crippen molar-refractivity contribution in [2.45, 2.75) is 25.7 Å². The summed E-state index contributed by atoms with van der Waals surface area (Å²) in [6.45, 7) is 3.49. The highest BCUT2D eigenvalue weighted by Crippen LogP contribution is 2.25. The van der Waals surface area contributed by atoms with Crippen LogP contribution in [0.2, 0.25) is 5.02 Å². The van der Waals surface area contributed by atoms with Crippen molar-refractivity contribution in [3.63, 3.8) is 0 Å². The molecule has 0 aromatic heterocycles. The highest BCUT2D eigenvalue weighted by atomic mass is 35.5. The Kier molecular flexibility index (Phi) is 4.93. The Bertz CT molecular complexity index is 497. The molecule has 0 aliphatic carbocycles. The molecule has 2 atom stereocenters. The van der Waals surface area contributed by atoms with Crippen LogP contribution in [0.5, 0.6) is 0 Å². The van der Waals surface area contributed by atoms with Crippen LogP contribution in [-0.2, 0) is 11.3 Å². The summed E-state index contributed by atoms with van der Waals surface area (Å²) in [4.78, 5) is 12.7. The molecular weight excluding hydrogens is 284 g/mol. The molecule has 20 heavy (non-hydrogen) atoms. The summed E-state index contributed by atoms with van der Waals surface area (Å²) in [6, 6.07) is 4.56. The average molecular weight is 301 g/mol. The van der Waals surface area contributed by atoms with Crippen molar-refractivity contribution in [3.8, 4) is 0 Å². The van der Waals surface area contributed by atoms with Gasteiger partial charge in [-0.1, -0.05) is 11.6 Å². The van der Waals surface area contributed by atoms with E-state index in [9.17, 15) is 15.2 Å². The highest BCUT2D eigenvalue weighted by molar-refractivity contribution is 6.30. The van der Waals surface area contributed by atoms with E-state index in [0.717, 1.165) is 0 Å². The molecule has 0 saturated carbocycles. The number of rotatable bonds is 4. The van der Waals surface area contributed by atoms with Gasteiger partial charge in [-0.2, -0.15) is 0 Å². The van der Waals surface area contributed by atoms with Gasteiger partial charge in [0.15, 0.2) is 0 Å². The van der Waals surface area contributed by atoms with Crippen molar-refractivity contribution in [2.75, 3.05) is 19.7 Å². The van der Waals surface area contributed by atoms with Crippen molar-refractivity contribution < 1.29 is 14.8 Å². The maximum absolute atomic E-state index is 11.0. The fraction of sp³-hybridized carbons (Fsp3) is 0.538. The Morgan fingerprint density at radius 1 is 1.55 bits per heavy atom. The van der Waals surface area contributed by atoms with E-state index >= 15 is 0 Å². The highest BCUT2D eigenvalue weighted by Gasteiger charge is 2.26. The van der Waals surface area contributed by atoms with Gasteiger partial charge in [0.1, 0.15) is 0 Å². The summed E-state index contributed by atoms with van der Waals surface area (Å²) in [6.07, 6.45) is -0.267. The lowest BCUT2D eigenvalue weighted by molar-refractivity contribution is -0.385. The Morgan fingerprint density at radius 3 is 2.95 bits per heavy atom. The summed E-state index contributed by atoms with van der Waals surface area (Å²) in [5.74, 6) is 0. The molecule has 0 bridgehead atoms. The Hall–Kier alpha value is -1.21. The van der Waals surface area contributed by atoms with Gasteiger partial charge >= 0.3 is 0 Å². The Labute approximate surface area is 122 Å². The minimum absolute atomic E-state index is 0.0147. The molecule has 1 N–H and O–H groups in total. The van der Waals surface area contributed by atoms with Gasteiger partial charge in [0, 0.05) is 36.3 Å². The minimum Gasteiger partial charge on any atom is -0.394 e. The summed E-state index contributed by atoms with van der Waals surface area (Å²) >= 11 is 5.92. The first-order valence-corrected chi connectivity index (χ1v) is 6.79. The predicted molar refractivity (Wildman–Crippen MR) is 74.8 cm³/mol. The molecule has 1 aliphatic rings. The molecule has 2 unspecified atom stereocenters. The summed E-state index contributed by atoms with van der Waals surface area (Å²) in [7, 11) is 0. The molecule has 1 saturated heterocycles. The number of hydrogen-bond donors (Lipinski definition) is 1. The molecule has 1 fully saturated rings. The summed E-state index contributed by atoms with van der Waals surface area (Å²) in [5.41, 5.74) is 0.641. The number of benzene rings is 1. The normalized spacial score (nSPS) is 23.8. The molecule has 2 rings (SSSR count). The van der Waals surface area contributed by atoms with Crippen LogP contribution in [0.1, 0.15) is 12.5 Å². The molecule has 0 spiro atoms. The van der Waals surface area contributed by atoms with Crippen molar-refractivity contribution in [3.05, 3.63) is 38.9 Å². The lowest BCUT2D eigenvalue weighted by Crippen LogP contribution is -2.47. The van der Waals surface area contributed by atoms with E-state index in [1.165, 1.54) is 12.1 Å². The number of nitrogens with zero attached hydrogens (tertiary/aromatic N) is 2. The van der Waals surface area contributed by atoms with E-state index in [-0.39, 0.29) is 24.5 Å². The zero-order valence-corrected chi connectivity index (χ0v) is 11.9. The maximum atomic E-state index is 11.0. The van der Waals surface area contributed by atoms with Gasteiger partial charge in [-0.15, -0.1) is 0 Å². The van der Waals surface area contributed by atoms with E-state index < -0.39 is 4.92 Å². The van der Waals surface area contributed by atoms with Crippen LogP contribution in [0.25, 0.3) is 0 Å². The SMILES string of the molecule is CC1CN(Cc2cc(Cl)ccc2[N+](=O)[O-])CC(CO)O1. The maximum Gasteiger partial charge on any atom is 0.273 e. The molecular formula is C13H17ClN2O4. The first kappa shape index (κ1) is 15.2. The van der Waals surface area contributed by atoms with Crippen molar-refractivity contribution >= 4 is 17.3 Å². The number of aliphatic hydroxyl groups is 1. The van der Waals surface area contributed by atoms with E-state index in [4.69, 9.17) is 16.3 Å². The van der Waals surface area contributed by atoms with Gasteiger partial charge in [0.05, 0.1) is 23.7 Å². The van der Waals surface area contributed by atoms with Crippen LogP contribution in [-0.4, -0.2) is 46.8 Å². The topological polar surface area (TPSA) is 75.8 Å². The van der Waals surface area contributed by atoms with Crippen LogP contribution in [0.15, 0.2) is 18.2 Å². The third-order valence-corrected chi connectivity index (χ3v) is 3.47. The van der Waals surface area contributed by atoms with Crippen LogP contribution in [0.4, 0.5) is 5.69 Å². The smallest absolute Gasteiger partial charge is 0.273 e. The third kappa shape index (κ3) is 3.67. The standard InChI is InChI=1S/C13H17ClN2O4/c1-9-5-15(7-12(8-17)20-9)6-10-4-11(14)2-3-13(10)16(18)19/h2-4,9,12,17H,5-8H2,1H3.